The van der Waals surface area contributed by atoms with Crippen LogP contribution in [0.2, 0.25) is 0 Å². The zero-order chi connectivity index (χ0) is 17.4. The summed E-state index contributed by atoms with van der Waals surface area (Å²) >= 11 is 0. The fourth-order valence-corrected chi connectivity index (χ4v) is 2.38. The average molecular weight is 327 g/mol. The number of esters is 1. The molecular weight excluding hydrogens is 302 g/mol. The Morgan fingerprint density at radius 1 is 1.00 bits per heavy atom. The van der Waals surface area contributed by atoms with Crippen molar-refractivity contribution in [3.05, 3.63) is 66.2 Å². The van der Waals surface area contributed by atoms with Crippen molar-refractivity contribution in [1.82, 2.24) is 0 Å². The van der Waals surface area contributed by atoms with Crippen LogP contribution in [0.5, 0.6) is 5.75 Å². The lowest BCUT2D eigenvalue weighted by Crippen LogP contribution is -2.36. The van der Waals surface area contributed by atoms with Crippen molar-refractivity contribution in [1.29, 1.82) is 0 Å². The Balaban J connectivity index is 2.03. The van der Waals surface area contributed by atoms with Crippen molar-refractivity contribution in [2.75, 3.05) is 6.61 Å². The highest BCUT2D eigenvalue weighted by Gasteiger charge is 2.23. The van der Waals surface area contributed by atoms with Crippen LogP contribution < -0.4 is 10.5 Å². The SMILES string of the molecule is CC(N)C(=O)OC(C)C(COc1ccccc1)Cc1ccccc1. The van der Waals surface area contributed by atoms with Crippen molar-refractivity contribution in [2.45, 2.75) is 32.4 Å². The van der Waals surface area contributed by atoms with Gasteiger partial charge in [0.2, 0.25) is 0 Å². The third kappa shape index (κ3) is 5.70. The first-order chi connectivity index (χ1) is 11.6. The lowest BCUT2D eigenvalue weighted by molar-refractivity contribution is -0.152. The normalized spacial score (nSPS) is 14.5. The molecule has 4 heteroatoms. The molecule has 0 aliphatic rings. The minimum atomic E-state index is -0.625. The fraction of sp³-hybridized carbons (Fsp3) is 0.350. The molecule has 0 bridgehead atoms. The number of ether oxygens (including phenoxy) is 2. The molecule has 2 rings (SSSR count). The zero-order valence-electron chi connectivity index (χ0n) is 14.2. The summed E-state index contributed by atoms with van der Waals surface area (Å²) in [6.45, 7) is 3.98. The van der Waals surface area contributed by atoms with Crippen LogP contribution in [-0.2, 0) is 16.0 Å². The molecule has 0 aromatic heterocycles. The smallest absolute Gasteiger partial charge is 0.322 e. The van der Waals surface area contributed by atoms with Gasteiger partial charge in [0.05, 0.1) is 6.61 Å². The number of nitrogens with two attached hydrogens (primary N) is 1. The largest absolute Gasteiger partial charge is 0.493 e. The quantitative estimate of drug-likeness (QED) is 0.756. The molecule has 0 saturated carbocycles. The van der Waals surface area contributed by atoms with E-state index >= 15 is 0 Å². The van der Waals surface area contributed by atoms with Gasteiger partial charge in [-0.25, -0.2) is 0 Å². The second-order valence-corrected chi connectivity index (χ2v) is 6.00. The van der Waals surface area contributed by atoms with Crippen LogP contribution in [0.3, 0.4) is 0 Å². The molecule has 0 radical (unpaired) electrons. The molecule has 4 nitrogen and oxygen atoms in total. The summed E-state index contributed by atoms with van der Waals surface area (Å²) < 4.78 is 11.4. The predicted molar refractivity (Wildman–Crippen MR) is 94.8 cm³/mol. The molecule has 0 spiro atoms. The molecule has 0 aliphatic carbocycles. The minimum absolute atomic E-state index is 0.0373. The Morgan fingerprint density at radius 3 is 2.17 bits per heavy atom. The molecule has 0 saturated heterocycles. The summed E-state index contributed by atoms with van der Waals surface area (Å²) in [5, 5.41) is 0. The molecular formula is C20H25NO3. The maximum absolute atomic E-state index is 11.8. The molecule has 0 fully saturated rings. The van der Waals surface area contributed by atoms with Gasteiger partial charge in [-0.2, -0.15) is 0 Å². The van der Waals surface area contributed by atoms with Crippen molar-refractivity contribution in [3.8, 4) is 5.75 Å². The molecule has 3 atom stereocenters. The molecule has 0 heterocycles. The summed E-state index contributed by atoms with van der Waals surface area (Å²) in [5.74, 6) is 0.455. The Morgan fingerprint density at radius 2 is 1.58 bits per heavy atom. The van der Waals surface area contributed by atoms with E-state index in [9.17, 15) is 4.79 Å². The van der Waals surface area contributed by atoms with Gasteiger partial charge in [-0.15, -0.1) is 0 Å². The predicted octanol–water partition coefficient (Wildman–Crippen LogP) is 3.20. The van der Waals surface area contributed by atoms with E-state index in [-0.39, 0.29) is 18.0 Å². The molecule has 0 aliphatic heterocycles. The van der Waals surface area contributed by atoms with Crippen molar-refractivity contribution >= 4 is 5.97 Å². The first-order valence-electron chi connectivity index (χ1n) is 8.24. The van der Waals surface area contributed by atoms with E-state index in [0.29, 0.717) is 6.61 Å². The van der Waals surface area contributed by atoms with Gasteiger partial charge in [-0.05, 0) is 38.0 Å². The zero-order valence-corrected chi connectivity index (χ0v) is 14.2. The molecule has 24 heavy (non-hydrogen) atoms. The van der Waals surface area contributed by atoms with Gasteiger partial charge >= 0.3 is 5.97 Å². The first kappa shape index (κ1) is 18.0. The van der Waals surface area contributed by atoms with E-state index in [1.54, 1.807) is 6.92 Å². The van der Waals surface area contributed by atoms with Gasteiger partial charge in [0.15, 0.2) is 0 Å². The minimum Gasteiger partial charge on any atom is -0.493 e. The summed E-state index contributed by atoms with van der Waals surface area (Å²) in [4.78, 5) is 11.8. The number of carbonyl (C=O) groups excluding carboxylic acids is 1. The van der Waals surface area contributed by atoms with Gasteiger partial charge in [-0.3, -0.25) is 4.79 Å². The standard InChI is InChI=1S/C20H25NO3/c1-15(21)20(22)24-16(2)18(13-17-9-5-3-6-10-17)14-23-19-11-7-4-8-12-19/h3-12,15-16,18H,13-14,21H2,1-2H3. The van der Waals surface area contributed by atoms with Crippen molar-refractivity contribution < 1.29 is 14.3 Å². The molecule has 2 aromatic carbocycles. The third-order valence-electron chi connectivity index (χ3n) is 3.89. The highest BCUT2D eigenvalue weighted by molar-refractivity contribution is 5.75. The number of hydrogen-bond donors (Lipinski definition) is 1. The second kappa shape index (κ2) is 9.08. The number of para-hydroxylation sites is 1. The second-order valence-electron chi connectivity index (χ2n) is 6.00. The maximum Gasteiger partial charge on any atom is 0.322 e. The van der Waals surface area contributed by atoms with Gasteiger partial charge in [-0.1, -0.05) is 48.5 Å². The van der Waals surface area contributed by atoms with E-state index in [2.05, 4.69) is 12.1 Å². The number of rotatable bonds is 8. The number of hydrogen-bond acceptors (Lipinski definition) is 4. The Labute approximate surface area is 143 Å². The monoisotopic (exact) mass is 327 g/mol. The lowest BCUT2D eigenvalue weighted by atomic mass is 9.95. The third-order valence-corrected chi connectivity index (χ3v) is 3.89. The summed E-state index contributed by atoms with van der Waals surface area (Å²) in [6, 6.07) is 19.1. The summed E-state index contributed by atoms with van der Waals surface area (Å²) in [5.41, 5.74) is 6.78. The summed E-state index contributed by atoms with van der Waals surface area (Å²) in [7, 11) is 0. The Kier molecular flexibility index (Phi) is 6.82. The van der Waals surface area contributed by atoms with Crippen LogP contribution in [0.15, 0.2) is 60.7 Å². The van der Waals surface area contributed by atoms with Crippen LogP contribution >= 0.6 is 0 Å². The molecule has 2 N–H and O–H groups in total. The fourth-order valence-electron chi connectivity index (χ4n) is 2.38. The van der Waals surface area contributed by atoms with E-state index in [1.807, 2.05) is 55.5 Å². The van der Waals surface area contributed by atoms with Gasteiger partial charge in [0, 0.05) is 5.92 Å². The Bertz CT molecular complexity index is 613. The highest BCUT2D eigenvalue weighted by Crippen LogP contribution is 2.18. The highest BCUT2D eigenvalue weighted by atomic mass is 16.5. The van der Waals surface area contributed by atoms with E-state index < -0.39 is 6.04 Å². The average Bonchev–Trinajstić information content (AvgIpc) is 2.60. The lowest BCUT2D eigenvalue weighted by Gasteiger charge is -2.25. The number of carbonyl (C=O) groups is 1. The van der Waals surface area contributed by atoms with Gasteiger partial charge in [0.25, 0.3) is 0 Å². The van der Waals surface area contributed by atoms with Crippen LogP contribution in [0, 0.1) is 5.92 Å². The van der Waals surface area contributed by atoms with Crippen molar-refractivity contribution in [3.63, 3.8) is 0 Å². The van der Waals surface area contributed by atoms with Crippen LogP contribution in [0.1, 0.15) is 19.4 Å². The van der Waals surface area contributed by atoms with Crippen LogP contribution in [0.25, 0.3) is 0 Å². The van der Waals surface area contributed by atoms with Crippen LogP contribution in [0.4, 0.5) is 0 Å². The van der Waals surface area contributed by atoms with Crippen molar-refractivity contribution in [2.24, 2.45) is 11.7 Å². The molecule has 0 amide bonds. The number of benzene rings is 2. The van der Waals surface area contributed by atoms with Gasteiger partial charge in [0.1, 0.15) is 17.9 Å². The van der Waals surface area contributed by atoms with Gasteiger partial charge < -0.3 is 15.2 Å². The Hall–Kier alpha value is -2.33. The van der Waals surface area contributed by atoms with E-state index in [0.717, 1.165) is 12.2 Å². The molecule has 128 valence electrons. The molecule has 3 unspecified atom stereocenters. The maximum atomic E-state index is 11.8. The van der Waals surface area contributed by atoms with E-state index in [1.165, 1.54) is 5.56 Å². The molecule has 2 aromatic rings. The van der Waals surface area contributed by atoms with E-state index in [4.69, 9.17) is 15.2 Å². The van der Waals surface area contributed by atoms with Crippen LogP contribution in [-0.4, -0.2) is 24.7 Å². The summed E-state index contributed by atoms with van der Waals surface area (Å²) in [6.07, 6.45) is 0.480. The topological polar surface area (TPSA) is 61.6 Å². The first-order valence-corrected chi connectivity index (χ1v) is 8.24.